The molecule has 1 aromatic carbocycles. The number of nitrogens with one attached hydrogen (secondary N) is 2. The van der Waals surface area contributed by atoms with Crippen molar-refractivity contribution < 1.29 is 4.79 Å². The maximum Gasteiger partial charge on any atom is 0.257 e. The minimum Gasteiger partial charge on any atom is -0.355 e. The summed E-state index contributed by atoms with van der Waals surface area (Å²) in [5.74, 6) is 1.04. The first-order valence-corrected chi connectivity index (χ1v) is 11.6. The number of carbonyl (C=O) groups is 1. The van der Waals surface area contributed by atoms with Gasteiger partial charge in [0.2, 0.25) is 0 Å². The van der Waals surface area contributed by atoms with Gasteiger partial charge in [0.25, 0.3) is 5.91 Å². The van der Waals surface area contributed by atoms with Crippen molar-refractivity contribution in [3.05, 3.63) is 60.6 Å². The second kappa shape index (κ2) is 8.18. The number of aryl methyl sites for hydroxylation is 1. The molecule has 5 heterocycles. The number of nitrogens with zero attached hydrogens (tertiary/aromatic N) is 6. The molecule has 3 aromatic heterocycles. The smallest absolute Gasteiger partial charge is 0.257 e. The average molecular weight is 455 g/mol. The standard InChI is InChI=1S/C25H26N8O/c1-32-14-20(13-28-32)17-2-3-21-19(10-17)11-22(31-30-21)29-24(34)18-4-7-27-23(12-18)33-15-25(16-33)5-8-26-9-6-25/h2-4,7,10-14,26H,5-6,8-9,15-16H2,1H3,(H,29,31,34). The van der Waals surface area contributed by atoms with Crippen LogP contribution in [-0.2, 0) is 7.05 Å². The summed E-state index contributed by atoms with van der Waals surface area (Å²) < 4.78 is 1.77. The van der Waals surface area contributed by atoms with Crippen LogP contribution in [0.2, 0.25) is 0 Å². The first-order chi connectivity index (χ1) is 16.6. The van der Waals surface area contributed by atoms with Gasteiger partial charge in [-0.15, -0.1) is 10.2 Å². The van der Waals surface area contributed by atoms with Gasteiger partial charge in [-0.3, -0.25) is 9.48 Å². The fourth-order valence-corrected chi connectivity index (χ4v) is 4.98. The molecule has 34 heavy (non-hydrogen) atoms. The maximum atomic E-state index is 13.0. The highest BCUT2D eigenvalue weighted by atomic mass is 16.1. The molecular weight excluding hydrogens is 428 g/mol. The minimum absolute atomic E-state index is 0.224. The Kier molecular flexibility index (Phi) is 4.99. The normalized spacial score (nSPS) is 17.0. The molecule has 6 rings (SSSR count). The van der Waals surface area contributed by atoms with E-state index in [1.54, 1.807) is 16.9 Å². The summed E-state index contributed by atoms with van der Waals surface area (Å²) in [6, 6.07) is 11.4. The Morgan fingerprint density at radius 1 is 1.06 bits per heavy atom. The van der Waals surface area contributed by atoms with Crippen molar-refractivity contribution >= 4 is 28.4 Å². The van der Waals surface area contributed by atoms with Gasteiger partial charge in [-0.2, -0.15) is 5.10 Å². The zero-order chi connectivity index (χ0) is 23.1. The summed E-state index contributed by atoms with van der Waals surface area (Å²) in [6.45, 7) is 4.17. The number of amides is 1. The Balaban J connectivity index is 1.18. The summed E-state index contributed by atoms with van der Waals surface area (Å²) in [7, 11) is 1.89. The Morgan fingerprint density at radius 2 is 1.91 bits per heavy atom. The van der Waals surface area contributed by atoms with Crippen LogP contribution in [0.25, 0.3) is 22.0 Å². The fourth-order valence-electron chi connectivity index (χ4n) is 4.98. The number of pyridine rings is 1. The quantitative estimate of drug-likeness (QED) is 0.489. The molecule has 0 bridgehead atoms. The molecule has 172 valence electrons. The molecule has 2 saturated heterocycles. The zero-order valence-corrected chi connectivity index (χ0v) is 19.0. The number of hydrogen-bond donors (Lipinski definition) is 2. The molecule has 2 aliphatic rings. The second-order valence-corrected chi connectivity index (χ2v) is 9.37. The van der Waals surface area contributed by atoms with E-state index in [1.807, 2.05) is 49.8 Å². The Morgan fingerprint density at radius 3 is 2.71 bits per heavy atom. The third-order valence-corrected chi connectivity index (χ3v) is 6.91. The number of hydrogen-bond acceptors (Lipinski definition) is 7. The van der Waals surface area contributed by atoms with Crippen LogP contribution in [-0.4, -0.2) is 57.0 Å². The molecule has 0 saturated carbocycles. The lowest BCUT2D eigenvalue weighted by Gasteiger charge is -2.53. The Bertz CT molecular complexity index is 1370. The van der Waals surface area contributed by atoms with Crippen molar-refractivity contribution in [1.82, 2.24) is 30.3 Å². The van der Waals surface area contributed by atoms with Crippen LogP contribution in [0, 0.1) is 5.41 Å². The number of rotatable bonds is 4. The summed E-state index contributed by atoms with van der Waals surface area (Å²) >= 11 is 0. The van der Waals surface area contributed by atoms with Crippen molar-refractivity contribution in [2.45, 2.75) is 12.8 Å². The molecule has 9 heteroatoms. The highest BCUT2D eigenvalue weighted by molar-refractivity contribution is 6.04. The van der Waals surface area contributed by atoms with Crippen LogP contribution in [0.4, 0.5) is 11.6 Å². The van der Waals surface area contributed by atoms with Crippen molar-refractivity contribution in [3.8, 4) is 11.1 Å². The summed E-state index contributed by atoms with van der Waals surface area (Å²) in [5.41, 5.74) is 3.78. The van der Waals surface area contributed by atoms with E-state index in [2.05, 4.69) is 35.8 Å². The number of benzene rings is 1. The maximum absolute atomic E-state index is 13.0. The number of anilines is 2. The predicted molar refractivity (Wildman–Crippen MR) is 131 cm³/mol. The van der Waals surface area contributed by atoms with Gasteiger partial charge in [0.1, 0.15) is 5.82 Å². The first kappa shape index (κ1) is 20.7. The van der Waals surface area contributed by atoms with Crippen LogP contribution in [0.3, 0.4) is 0 Å². The molecule has 0 atom stereocenters. The van der Waals surface area contributed by atoms with Gasteiger partial charge in [0.05, 0.1) is 11.7 Å². The van der Waals surface area contributed by atoms with E-state index in [4.69, 9.17) is 0 Å². The van der Waals surface area contributed by atoms with Crippen molar-refractivity contribution in [3.63, 3.8) is 0 Å². The van der Waals surface area contributed by atoms with Crippen LogP contribution >= 0.6 is 0 Å². The van der Waals surface area contributed by atoms with Gasteiger partial charge < -0.3 is 15.5 Å². The Labute approximate surface area is 197 Å². The molecule has 1 spiro atoms. The molecule has 9 nitrogen and oxygen atoms in total. The highest BCUT2D eigenvalue weighted by Crippen LogP contribution is 2.40. The summed E-state index contributed by atoms with van der Waals surface area (Å²) in [6.07, 6.45) is 7.89. The molecular formula is C25H26N8O. The molecule has 4 aromatic rings. The molecule has 2 N–H and O–H groups in total. The number of carbonyl (C=O) groups excluding carboxylic acids is 1. The van der Waals surface area contributed by atoms with Gasteiger partial charge in [0, 0.05) is 54.5 Å². The highest BCUT2D eigenvalue weighted by Gasteiger charge is 2.43. The topological polar surface area (TPSA) is 101 Å². The summed E-state index contributed by atoms with van der Waals surface area (Å²) in [4.78, 5) is 19.7. The van der Waals surface area contributed by atoms with Gasteiger partial charge in [-0.25, -0.2) is 4.98 Å². The molecule has 2 aliphatic heterocycles. The van der Waals surface area contributed by atoms with E-state index >= 15 is 0 Å². The molecule has 0 aliphatic carbocycles. The van der Waals surface area contributed by atoms with E-state index in [-0.39, 0.29) is 5.91 Å². The summed E-state index contributed by atoms with van der Waals surface area (Å²) in [5, 5.41) is 19.9. The first-order valence-electron chi connectivity index (χ1n) is 11.6. The lowest BCUT2D eigenvalue weighted by atomic mass is 9.72. The fraction of sp³-hybridized carbons (Fsp3) is 0.320. The number of piperidine rings is 1. The monoisotopic (exact) mass is 454 g/mol. The molecule has 2 fully saturated rings. The SMILES string of the molecule is Cn1cc(-c2ccc3nnc(NC(=O)c4ccnc(N5CC6(CCNCC6)C5)c4)cc3c2)cn1. The average Bonchev–Trinajstić information content (AvgIpc) is 3.29. The Hall–Kier alpha value is -3.85. The lowest BCUT2D eigenvalue weighted by Crippen LogP contribution is -2.60. The van der Waals surface area contributed by atoms with Crippen molar-refractivity contribution in [1.29, 1.82) is 0 Å². The van der Waals surface area contributed by atoms with Gasteiger partial charge in [0.15, 0.2) is 5.82 Å². The van der Waals surface area contributed by atoms with E-state index in [9.17, 15) is 4.79 Å². The van der Waals surface area contributed by atoms with E-state index < -0.39 is 0 Å². The van der Waals surface area contributed by atoms with Crippen LogP contribution in [0.5, 0.6) is 0 Å². The van der Waals surface area contributed by atoms with E-state index in [1.165, 1.54) is 12.8 Å². The number of fused-ring (bicyclic) bond motifs is 1. The van der Waals surface area contributed by atoms with E-state index in [0.29, 0.717) is 16.8 Å². The third kappa shape index (κ3) is 3.88. The van der Waals surface area contributed by atoms with Gasteiger partial charge in [-0.1, -0.05) is 6.07 Å². The predicted octanol–water partition coefficient (Wildman–Crippen LogP) is 2.87. The largest absolute Gasteiger partial charge is 0.355 e. The number of aromatic nitrogens is 5. The van der Waals surface area contributed by atoms with Crippen molar-refractivity contribution in [2.75, 3.05) is 36.4 Å². The van der Waals surface area contributed by atoms with Crippen molar-refractivity contribution in [2.24, 2.45) is 12.5 Å². The minimum atomic E-state index is -0.224. The second-order valence-electron chi connectivity index (χ2n) is 9.37. The lowest BCUT2D eigenvalue weighted by molar-refractivity contribution is 0.102. The van der Waals surface area contributed by atoms with Crippen LogP contribution in [0.15, 0.2) is 55.0 Å². The molecule has 0 unspecified atom stereocenters. The van der Waals surface area contributed by atoms with E-state index in [0.717, 1.165) is 54.0 Å². The molecule has 0 radical (unpaired) electrons. The molecule has 1 amide bonds. The zero-order valence-electron chi connectivity index (χ0n) is 19.0. The van der Waals surface area contributed by atoms with Gasteiger partial charge in [-0.05, 0) is 61.8 Å². The van der Waals surface area contributed by atoms with Crippen LogP contribution in [0.1, 0.15) is 23.2 Å². The van der Waals surface area contributed by atoms with Gasteiger partial charge >= 0.3 is 0 Å². The van der Waals surface area contributed by atoms with Crippen LogP contribution < -0.4 is 15.5 Å². The third-order valence-electron chi connectivity index (χ3n) is 6.91.